The van der Waals surface area contributed by atoms with Crippen molar-refractivity contribution >= 4 is 17.4 Å². The highest BCUT2D eigenvalue weighted by molar-refractivity contribution is 6.05. The lowest BCUT2D eigenvalue weighted by Gasteiger charge is -2.16. The molecule has 6 nitrogen and oxygen atoms in total. The van der Waals surface area contributed by atoms with Crippen LogP contribution in [0.15, 0.2) is 24.4 Å². The highest BCUT2D eigenvalue weighted by atomic mass is 19.1. The fourth-order valence-corrected chi connectivity index (χ4v) is 1.75. The average Bonchev–Trinajstić information content (AvgIpc) is 2.47. The van der Waals surface area contributed by atoms with Crippen LogP contribution >= 0.6 is 0 Å². The van der Waals surface area contributed by atoms with Crippen LogP contribution in [0, 0.1) is 11.6 Å². The third-order valence-corrected chi connectivity index (χ3v) is 2.78. The molecule has 0 bridgehead atoms. The number of benzene rings is 1. The van der Waals surface area contributed by atoms with Gasteiger partial charge in [-0.05, 0) is 12.1 Å². The lowest BCUT2D eigenvalue weighted by molar-refractivity contribution is 0.102. The van der Waals surface area contributed by atoms with Crippen LogP contribution in [0.2, 0.25) is 0 Å². The van der Waals surface area contributed by atoms with Gasteiger partial charge in [0.2, 0.25) is 0 Å². The van der Waals surface area contributed by atoms with Crippen LogP contribution in [0.25, 0.3) is 0 Å². The van der Waals surface area contributed by atoms with E-state index in [0.717, 1.165) is 12.1 Å². The Hall–Kier alpha value is -2.77. The fraction of sp³-hybridized carbons (Fsp3) is 0.214. The molecule has 0 aliphatic carbocycles. The Bertz CT molecular complexity index is 707. The van der Waals surface area contributed by atoms with E-state index < -0.39 is 17.5 Å². The molecule has 116 valence electrons. The van der Waals surface area contributed by atoms with Crippen molar-refractivity contribution in [2.45, 2.75) is 0 Å². The molecule has 0 unspecified atom stereocenters. The Kier molecular flexibility index (Phi) is 4.50. The summed E-state index contributed by atoms with van der Waals surface area (Å²) in [6.07, 6.45) is 1.35. The minimum Gasteiger partial charge on any atom is -0.467 e. The second-order valence-corrected chi connectivity index (χ2v) is 4.57. The molecule has 1 aromatic heterocycles. The minimum absolute atomic E-state index is 0.134. The molecule has 22 heavy (non-hydrogen) atoms. The Labute approximate surface area is 125 Å². The average molecular weight is 308 g/mol. The fourth-order valence-electron chi connectivity index (χ4n) is 1.75. The number of anilines is 2. The van der Waals surface area contributed by atoms with Gasteiger partial charge in [-0.15, -0.1) is 0 Å². The van der Waals surface area contributed by atoms with E-state index in [4.69, 9.17) is 4.74 Å². The first-order valence-electron chi connectivity index (χ1n) is 6.27. The second-order valence-electron chi connectivity index (χ2n) is 4.57. The maximum Gasteiger partial charge on any atom is 0.318 e. The summed E-state index contributed by atoms with van der Waals surface area (Å²) in [6, 6.07) is 2.86. The molecule has 0 radical (unpaired) electrons. The summed E-state index contributed by atoms with van der Waals surface area (Å²) in [5.41, 5.74) is 0.00134. The summed E-state index contributed by atoms with van der Waals surface area (Å²) in [4.78, 5) is 21.7. The number of nitrogens with zero attached hydrogens (tertiary/aromatic N) is 3. The third-order valence-electron chi connectivity index (χ3n) is 2.78. The molecular weight excluding hydrogens is 294 g/mol. The van der Waals surface area contributed by atoms with Gasteiger partial charge >= 0.3 is 6.01 Å². The number of nitrogens with one attached hydrogen (secondary N) is 1. The van der Waals surface area contributed by atoms with Gasteiger partial charge in [-0.1, -0.05) is 0 Å². The maximum absolute atomic E-state index is 13.6. The molecule has 0 spiro atoms. The van der Waals surface area contributed by atoms with E-state index in [9.17, 15) is 13.6 Å². The molecule has 2 rings (SSSR count). The topological polar surface area (TPSA) is 67.3 Å². The zero-order chi connectivity index (χ0) is 16.3. The van der Waals surface area contributed by atoms with Crippen LogP contribution in [-0.2, 0) is 0 Å². The maximum atomic E-state index is 13.6. The van der Waals surface area contributed by atoms with Crippen molar-refractivity contribution in [3.8, 4) is 6.01 Å². The van der Waals surface area contributed by atoms with Crippen molar-refractivity contribution in [1.82, 2.24) is 9.97 Å². The molecule has 0 atom stereocenters. The number of aromatic nitrogens is 2. The van der Waals surface area contributed by atoms with Crippen LogP contribution in [0.1, 0.15) is 10.4 Å². The van der Waals surface area contributed by atoms with Crippen LogP contribution < -0.4 is 15.0 Å². The first-order chi connectivity index (χ1) is 10.4. The standard InChI is InChI=1S/C14H14F2N4O2/c1-20(2)12-11(7-17-14(19-12)22-3)18-13(21)9-5-4-8(15)6-10(9)16/h4-7H,1-3H3,(H,18,21). The van der Waals surface area contributed by atoms with Crippen molar-refractivity contribution in [2.75, 3.05) is 31.4 Å². The van der Waals surface area contributed by atoms with Crippen molar-refractivity contribution < 1.29 is 18.3 Å². The number of hydrogen-bond acceptors (Lipinski definition) is 5. The first-order valence-corrected chi connectivity index (χ1v) is 6.27. The molecule has 0 saturated heterocycles. The molecule has 1 heterocycles. The van der Waals surface area contributed by atoms with Gasteiger partial charge in [0, 0.05) is 20.2 Å². The number of halogens is 2. The molecule has 1 amide bonds. The summed E-state index contributed by atoms with van der Waals surface area (Å²) in [6.45, 7) is 0. The molecule has 0 fully saturated rings. The van der Waals surface area contributed by atoms with Crippen LogP contribution in [-0.4, -0.2) is 37.1 Å². The predicted molar refractivity (Wildman–Crippen MR) is 77.2 cm³/mol. The summed E-state index contributed by atoms with van der Waals surface area (Å²) in [5, 5.41) is 2.50. The number of carbonyl (C=O) groups is 1. The summed E-state index contributed by atoms with van der Waals surface area (Å²) < 4.78 is 31.4. The largest absolute Gasteiger partial charge is 0.467 e. The molecular formula is C14H14F2N4O2. The first kappa shape index (κ1) is 15.6. The quantitative estimate of drug-likeness (QED) is 0.936. The number of rotatable bonds is 4. The van der Waals surface area contributed by atoms with Crippen LogP contribution in [0.3, 0.4) is 0 Å². The van der Waals surface area contributed by atoms with Crippen molar-refractivity contribution in [2.24, 2.45) is 0 Å². The highest BCUT2D eigenvalue weighted by Gasteiger charge is 2.16. The zero-order valence-corrected chi connectivity index (χ0v) is 12.2. The monoisotopic (exact) mass is 308 g/mol. The van der Waals surface area contributed by atoms with Gasteiger partial charge in [0.25, 0.3) is 5.91 Å². The second kappa shape index (κ2) is 6.33. The van der Waals surface area contributed by atoms with E-state index in [2.05, 4.69) is 15.3 Å². The number of ether oxygens (including phenoxy) is 1. The molecule has 0 saturated carbocycles. The SMILES string of the molecule is COc1ncc(NC(=O)c2ccc(F)cc2F)c(N(C)C)n1. The van der Waals surface area contributed by atoms with E-state index in [1.807, 2.05) is 0 Å². The third kappa shape index (κ3) is 3.27. The molecule has 1 N–H and O–H groups in total. The molecule has 1 aromatic carbocycles. The van der Waals surface area contributed by atoms with Gasteiger partial charge in [0.15, 0.2) is 5.82 Å². The normalized spacial score (nSPS) is 10.2. The zero-order valence-electron chi connectivity index (χ0n) is 12.2. The molecule has 0 aliphatic heterocycles. The van der Waals surface area contributed by atoms with Gasteiger partial charge in [0.05, 0.1) is 18.9 Å². The van der Waals surface area contributed by atoms with Gasteiger partial charge < -0.3 is 15.0 Å². The van der Waals surface area contributed by atoms with E-state index in [-0.39, 0.29) is 17.3 Å². The molecule has 8 heteroatoms. The van der Waals surface area contributed by atoms with Crippen LogP contribution in [0.4, 0.5) is 20.3 Å². The summed E-state index contributed by atoms with van der Waals surface area (Å²) in [5.74, 6) is -2.04. The van der Waals surface area contributed by atoms with Gasteiger partial charge in [-0.2, -0.15) is 4.98 Å². The van der Waals surface area contributed by atoms with Crippen LogP contribution in [0.5, 0.6) is 6.01 Å². The van der Waals surface area contributed by atoms with Crippen molar-refractivity contribution in [1.29, 1.82) is 0 Å². The highest BCUT2D eigenvalue weighted by Crippen LogP contribution is 2.23. The number of carbonyl (C=O) groups excluding carboxylic acids is 1. The van der Waals surface area contributed by atoms with E-state index in [1.54, 1.807) is 19.0 Å². The van der Waals surface area contributed by atoms with E-state index >= 15 is 0 Å². The van der Waals surface area contributed by atoms with E-state index in [1.165, 1.54) is 13.3 Å². The Morgan fingerprint density at radius 2 is 2.05 bits per heavy atom. The molecule has 2 aromatic rings. The number of hydrogen-bond donors (Lipinski definition) is 1. The van der Waals surface area contributed by atoms with Crippen molar-refractivity contribution in [3.63, 3.8) is 0 Å². The lowest BCUT2D eigenvalue weighted by Crippen LogP contribution is -2.19. The Morgan fingerprint density at radius 3 is 2.64 bits per heavy atom. The summed E-state index contributed by atoms with van der Waals surface area (Å²) in [7, 11) is 4.85. The van der Waals surface area contributed by atoms with Gasteiger partial charge in [0.1, 0.15) is 17.3 Å². The Morgan fingerprint density at radius 1 is 1.32 bits per heavy atom. The lowest BCUT2D eigenvalue weighted by atomic mass is 10.2. The van der Waals surface area contributed by atoms with Crippen molar-refractivity contribution in [3.05, 3.63) is 41.6 Å². The minimum atomic E-state index is -0.946. The van der Waals surface area contributed by atoms with Gasteiger partial charge in [-0.25, -0.2) is 13.8 Å². The smallest absolute Gasteiger partial charge is 0.318 e. The van der Waals surface area contributed by atoms with E-state index in [0.29, 0.717) is 11.9 Å². The Balaban J connectivity index is 2.31. The van der Waals surface area contributed by atoms with Gasteiger partial charge in [-0.3, -0.25) is 4.79 Å². The predicted octanol–water partition coefficient (Wildman–Crippen LogP) is 2.08. The number of amides is 1. The molecule has 0 aliphatic rings. The summed E-state index contributed by atoms with van der Waals surface area (Å²) >= 11 is 0. The number of methoxy groups -OCH3 is 1.